The second-order valence-corrected chi connectivity index (χ2v) is 7.57. The molecule has 0 saturated carbocycles. The lowest BCUT2D eigenvalue weighted by molar-refractivity contribution is 0.866. The van der Waals surface area contributed by atoms with Crippen LogP contribution in [-0.2, 0) is 5.75 Å². The molecule has 4 rings (SSSR count). The molecule has 134 valence electrons. The average molecular weight is 372 g/mol. The van der Waals surface area contributed by atoms with Crippen molar-refractivity contribution in [2.75, 3.05) is 0 Å². The van der Waals surface area contributed by atoms with Gasteiger partial charge in [-0.25, -0.2) is 4.98 Å². The van der Waals surface area contributed by atoms with Gasteiger partial charge in [0.25, 0.3) is 0 Å². The Bertz CT molecular complexity index is 1100. The molecule has 4 aromatic rings. The van der Waals surface area contributed by atoms with Crippen molar-refractivity contribution in [3.8, 4) is 23.0 Å². The molecule has 4 nitrogen and oxygen atoms in total. The van der Waals surface area contributed by atoms with E-state index >= 15 is 0 Å². The van der Waals surface area contributed by atoms with Crippen molar-refractivity contribution in [3.05, 3.63) is 72.4 Å². The molecule has 0 saturated heterocycles. The van der Waals surface area contributed by atoms with Gasteiger partial charge in [0.2, 0.25) is 0 Å². The number of nitrogens with zero attached hydrogens (tertiary/aromatic N) is 3. The fraction of sp³-hybridized carbons (Fsp3) is 0.182. The van der Waals surface area contributed by atoms with Gasteiger partial charge in [0.15, 0.2) is 0 Å². The summed E-state index contributed by atoms with van der Waals surface area (Å²) in [5.74, 6) is 7.58. The van der Waals surface area contributed by atoms with Crippen LogP contribution < -0.4 is 0 Å². The highest BCUT2D eigenvalue weighted by Gasteiger charge is 2.13. The van der Waals surface area contributed by atoms with E-state index in [1.165, 1.54) is 5.56 Å². The molecule has 0 spiro atoms. The van der Waals surface area contributed by atoms with Crippen LogP contribution in [0.25, 0.3) is 22.0 Å². The lowest BCUT2D eigenvalue weighted by Gasteiger charge is -2.04. The maximum atomic E-state index is 4.56. The number of H-pyrrole nitrogens is 1. The van der Waals surface area contributed by atoms with E-state index in [0.717, 1.165) is 33.5 Å². The van der Waals surface area contributed by atoms with Crippen LogP contribution in [0.4, 0.5) is 0 Å². The van der Waals surface area contributed by atoms with E-state index in [-0.39, 0.29) is 0 Å². The molecule has 0 aliphatic rings. The Labute approximate surface area is 163 Å². The first-order valence-electron chi connectivity index (χ1n) is 8.90. The molecule has 0 amide bonds. The van der Waals surface area contributed by atoms with Crippen LogP contribution in [0.1, 0.15) is 25.1 Å². The number of fused-ring (bicyclic) bond motifs is 1. The average Bonchev–Trinajstić information content (AvgIpc) is 3.33. The molecular formula is C22H20N4S. The number of aromatic amines is 1. The van der Waals surface area contributed by atoms with Crippen LogP contribution in [-0.4, -0.2) is 19.2 Å². The van der Waals surface area contributed by atoms with Gasteiger partial charge >= 0.3 is 0 Å². The molecule has 0 atom stereocenters. The van der Waals surface area contributed by atoms with Crippen molar-refractivity contribution in [2.45, 2.75) is 19.6 Å². The predicted octanol–water partition coefficient (Wildman–Crippen LogP) is 5.13. The number of benzene rings is 1. The zero-order valence-corrected chi connectivity index (χ0v) is 16.1. The molecule has 3 heterocycles. The zero-order chi connectivity index (χ0) is 18.6. The van der Waals surface area contributed by atoms with Gasteiger partial charge in [-0.15, -0.1) is 0 Å². The van der Waals surface area contributed by atoms with Crippen LogP contribution in [0, 0.1) is 17.8 Å². The Balaban J connectivity index is 1.75. The predicted molar refractivity (Wildman–Crippen MR) is 112 cm³/mol. The van der Waals surface area contributed by atoms with Crippen molar-refractivity contribution in [1.29, 1.82) is 0 Å². The summed E-state index contributed by atoms with van der Waals surface area (Å²) in [7, 11) is 0. The maximum absolute atomic E-state index is 4.56. The third-order valence-corrected chi connectivity index (χ3v) is 5.21. The maximum Gasteiger partial charge on any atom is 0.113 e. The summed E-state index contributed by atoms with van der Waals surface area (Å²) in [4.78, 5) is 4.56. The zero-order valence-electron chi connectivity index (χ0n) is 15.3. The van der Waals surface area contributed by atoms with Crippen molar-refractivity contribution >= 4 is 22.9 Å². The Morgan fingerprint density at radius 3 is 2.78 bits per heavy atom. The minimum Gasteiger partial charge on any atom is -0.289 e. The van der Waals surface area contributed by atoms with Gasteiger partial charge in [0, 0.05) is 40.6 Å². The molecule has 5 heteroatoms. The smallest absolute Gasteiger partial charge is 0.113 e. The number of aromatic nitrogens is 4. The van der Waals surface area contributed by atoms with Gasteiger partial charge in [0.1, 0.15) is 5.69 Å². The van der Waals surface area contributed by atoms with Crippen LogP contribution in [0.15, 0.2) is 61.2 Å². The molecule has 1 N–H and O–H groups in total. The molecule has 0 aliphatic carbocycles. The number of nitrogens with one attached hydrogen (secondary N) is 1. The monoisotopic (exact) mass is 372 g/mol. The van der Waals surface area contributed by atoms with Crippen LogP contribution in [0.5, 0.6) is 0 Å². The van der Waals surface area contributed by atoms with Crippen molar-refractivity contribution < 1.29 is 0 Å². The highest BCUT2D eigenvalue weighted by Crippen LogP contribution is 2.33. The van der Waals surface area contributed by atoms with E-state index in [0.29, 0.717) is 5.92 Å². The topological polar surface area (TPSA) is 46.5 Å². The summed E-state index contributed by atoms with van der Waals surface area (Å²) in [6, 6.07) is 12.6. The molecule has 0 bridgehead atoms. The normalized spacial score (nSPS) is 10.9. The Hall–Kier alpha value is -2.97. The molecule has 3 aromatic heterocycles. The number of hydrogen-bond acceptors (Lipinski definition) is 3. The first-order valence-corrected chi connectivity index (χ1v) is 9.84. The van der Waals surface area contributed by atoms with Gasteiger partial charge in [-0.1, -0.05) is 50.1 Å². The van der Waals surface area contributed by atoms with E-state index in [4.69, 9.17) is 0 Å². The van der Waals surface area contributed by atoms with Crippen LogP contribution in [0.3, 0.4) is 0 Å². The van der Waals surface area contributed by atoms with Gasteiger partial charge in [-0.05, 0) is 29.5 Å². The summed E-state index contributed by atoms with van der Waals surface area (Å²) in [5.41, 5.74) is 5.37. The molecule has 27 heavy (non-hydrogen) atoms. The molecule has 0 aliphatic heterocycles. The highest BCUT2D eigenvalue weighted by atomic mass is 32.2. The summed E-state index contributed by atoms with van der Waals surface area (Å²) in [6.45, 7) is 4.16. The molecule has 1 aromatic carbocycles. The minimum absolute atomic E-state index is 0.321. The van der Waals surface area contributed by atoms with Gasteiger partial charge in [0.05, 0.1) is 17.9 Å². The van der Waals surface area contributed by atoms with E-state index in [2.05, 4.69) is 81.4 Å². The molecule has 0 fully saturated rings. The molecule has 0 radical (unpaired) electrons. The van der Waals surface area contributed by atoms with Crippen molar-refractivity contribution in [1.82, 2.24) is 19.2 Å². The van der Waals surface area contributed by atoms with Crippen molar-refractivity contribution in [2.24, 2.45) is 5.92 Å². The van der Waals surface area contributed by atoms with E-state index < -0.39 is 0 Å². The number of pyridine rings is 1. The summed E-state index contributed by atoms with van der Waals surface area (Å²) >= 11 is 1.76. The lowest BCUT2D eigenvalue weighted by Crippen LogP contribution is -1.89. The highest BCUT2D eigenvalue weighted by molar-refractivity contribution is 7.97. The number of hydrogen-bond donors (Lipinski definition) is 1. The Morgan fingerprint density at radius 1 is 1.19 bits per heavy atom. The molecular weight excluding hydrogens is 352 g/mol. The summed E-state index contributed by atoms with van der Waals surface area (Å²) in [6.07, 6.45) is 7.84. The molecule has 0 unspecified atom stereocenters. The Morgan fingerprint density at radius 2 is 2.04 bits per heavy atom. The minimum atomic E-state index is 0.321. The third-order valence-electron chi connectivity index (χ3n) is 4.17. The largest absolute Gasteiger partial charge is 0.289 e. The second-order valence-electron chi connectivity index (χ2n) is 6.63. The second kappa shape index (κ2) is 7.73. The SMILES string of the molecule is CC(C)C#Cc1cc2c(-c3cn[nH]c3)cn(SCc3ccccc3)c2cn1. The third kappa shape index (κ3) is 3.91. The lowest BCUT2D eigenvalue weighted by atomic mass is 10.1. The first kappa shape index (κ1) is 17.4. The summed E-state index contributed by atoms with van der Waals surface area (Å²) in [5, 5.41) is 8.15. The fourth-order valence-corrected chi connectivity index (χ4v) is 3.78. The van der Waals surface area contributed by atoms with E-state index in [1.54, 1.807) is 11.9 Å². The van der Waals surface area contributed by atoms with E-state index in [1.807, 2.05) is 24.7 Å². The van der Waals surface area contributed by atoms with Crippen LogP contribution >= 0.6 is 11.9 Å². The number of rotatable bonds is 4. The van der Waals surface area contributed by atoms with E-state index in [9.17, 15) is 0 Å². The fourth-order valence-electron chi connectivity index (χ4n) is 2.84. The standard InChI is InChI=1S/C22H20N4S/c1-16(2)8-9-19-10-20-21(18-11-24-25-12-18)14-26(22(20)13-23-19)27-15-17-6-4-3-5-7-17/h3-7,10-14,16H,15H2,1-2H3,(H,24,25). The van der Waals surface area contributed by atoms with Crippen molar-refractivity contribution in [3.63, 3.8) is 0 Å². The Kier molecular flexibility index (Phi) is 4.99. The van der Waals surface area contributed by atoms with Gasteiger partial charge in [-0.2, -0.15) is 5.10 Å². The van der Waals surface area contributed by atoms with Gasteiger partial charge < -0.3 is 0 Å². The van der Waals surface area contributed by atoms with Crippen LogP contribution in [0.2, 0.25) is 0 Å². The quantitative estimate of drug-likeness (QED) is 0.505. The first-order chi connectivity index (χ1) is 13.2. The van der Waals surface area contributed by atoms with Gasteiger partial charge in [-0.3, -0.25) is 9.07 Å². The summed E-state index contributed by atoms with van der Waals surface area (Å²) < 4.78 is 2.19.